The van der Waals surface area contributed by atoms with Gasteiger partial charge >= 0.3 is 0 Å². The minimum absolute atomic E-state index is 0.129. The number of ether oxygens (including phenoxy) is 1. The van der Waals surface area contributed by atoms with Crippen LogP contribution in [0.2, 0.25) is 0 Å². The number of nitrogens with one attached hydrogen (secondary N) is 2. The molecular formula is C12H21N3O3. The molecule has 102 valence electrons. The maximum absolute atomic E-state index is 11.6. The van der Waals surface area contributed by atoms with Crippen LogP contribution < -0.4 is 10.6 Å². The van der Waals surface area contributed by atoms with Gasteiger partial charge in [0.15, 0.2) is 0 Å². The van der Waals surface area contributed by atoms with E-state index in [1.54, 1.807) is 0 Å². The number of hydrogen-bond donors (Lipinski definition) is 2. The minimum atomic E-state index is -0.261. The summed E-state index contributed by atoms with van der Waals surface area (Å²) in [7, 11) is 0. The first-order valence-corrected chi connectivity index (χ1v) is 6.60. The Kier molecular flexibility index (Phi) is 4.68. The second kappa shape index (κ2) is 6.26. The summed E-state index contributed by atoms with van der Waals surface area (Å²) in [5.41, 5.74) is 0. The first-order valence-electron chi connectivity index (χ1n) is 6.60. The molecule has 2 saturated heterocycles. The van der Waals surface area contributed by atoms with Gasteiger partial charge < -0.3 is 10.1 Å². The third-order valence-corrected chi connectivity index (χ3v) is 3.50. The monoisotopic (exact) mass is 255 g/mol. The largest absolute Gasteiger partial charge is 0.374 e. The molecule has 0 aromatic rings. The van der Waals surface area contributed by atoms with Gasteiger partial charge in [0.05, 0.1) is 18.8 Å². The first kappa shape index (κ1) is 13.5. The fourth-order valence-corrected chi connectivity index (χ4v) is 2.35. The molecule has 0 aromatic carbocycles. The van der Waals surface area contributed by atoms with Gasteiger partial charge in [-0.3, -0.25) is 19.8 Å². The molecule has 0 aliphatic carbocycles. The van der Waals surface area contributed by atoms with Crippen LogP contribution in [0.15, 0.2) is 0 Å². The van der Waals surface area contributed by atoms with Crippen LogP contribution in [0.4, 0.5) is 0 Å². The van der Waals surface area contributed by atoms with Gasteiger partial charge in [-0.2, -0.15) is 0 Å². The Hall–Kier alpha value is -0.980. The number of likely N-dealkylation sites (N-methyl/N-ethyl adjacent to an activating group) is 1. The van der Waals surface area contributed by atoms with Crippen LogP contribution in [0.3, 0.4) is 0 Å². The van der Waals surface area contributed by atoms with Crippen LogP contribution in [-0.4, -0.2) is 61.6 Å². The van der Waals surface area contributed by atoms with E-state index in [-0.39, 0.29) is 24.0 Å². The maximum atomic E-state index is 11.6. The van der Waals surface area contributed by atoms with E-state index >= 15 is 0 Å². The molecule has 0 bridgehead atoms. The number of morpholine rings is 1. The van der Waals surface area contributed by atoms with Crippen molar-refractivity contribution < 1.29 is 14.3 Å². The van der Waals surface area contributed by atoms with Gasteiger partial charge in [-0.1, -0.05) is 6.92 Å². The van der Waals surface area contributed by atoms with E-state index < -0.39 is 0 Å². The molecule has 18 heavy (non-hydrogen) atoms. The summed E-state index contributed by atoms with van der Waals surface area (Å²) in [6.45, 7) is 6.44. The fourth-order valence-electron chi connectivity index (χ4n) is 2.35. The molecule has 2 unspecified atom stereocenters. The lowest BCUT2D eigenvalue weighted by Gasteiger charge is -2.33. The summed E-state index contributed by atoms with van der Waals surface area (Å²) in [5, 5.41) is 5.54. The Bertz CT molecular complexity index is 322. The molecule has 2 rings (SSSR count). The normalized spacial score (nSPS) is 30.3. The highest BCUT2D eigenvalue weighted by atomic mass is 16.5. The highest BCUT2D eigenvalue weighted by Crippen LogP contribution is 2.07. The number of carbonyl (C=O) groups is 2. The van der Waals surface area contributed by atoms with Crippen molar-refractivity contribution in [2.45, 2.75) is 31.9 Å². The van der Waals surface area contributed by atoms with Gasteiger partial charge in [-0.15, -0.1) is 0 Å². The second-order valence-electron chi connectivity index (χ2n) is 4.80. The average molecular weight is 255 g/mol. The van der Waals surface area contributed by atoms with Crippen molar-refractivity contribution in [3.63, 3.8) is 0 Å². The van der Waals surface area contributed by atoms with Gasteiger partial charge in [0.1, 0.15) is 0 Å². The Morgan fingerprint density at radius 2 is 2.33 bits per heavy atom. The van der Waals surface area contributed by atoms with Gasteiger partial charge in [0, 0.05) is 26.1 Å². The van der Waals surface area contributed by atoms with E-state index in [0.29, 0.717) is 19.4 Å². The molecule has 2 amide bonds. The highest BCUT2D eigenvalue weighted by Gasteiger charge is 2.27. The zero-order chi connectivity index (χ0) is 13.0. The minimum Gasteiger partial charge on any atom is -0.374 e. The van der Waals surface area contributed by atoms with Crippen LogP contribution in [-0.2, 0) is 14.3 Å². The van der Waals surface area contributed by atoms with Gasteiger partial charge in [0.2, 0.25) is 11.8 Å². The maximum Gasteiger partial charge on any atom is 0.243 e. The van der Waals surface area contributed by atoms with Gasteiger partial charge in [-0.25, -0.2) is 0 Å². The summed E-state index contributed by atoms with van der Waals surface area (Å²) in [6.07, 6.45) is 1.12. The standard InChI is InChI=1S/C12H21N3O3/c1-2-15-5-6-18-9(8-15)7-13-10-3-4-11(16)14-12(10)17/h9-10,13H,2-8H2,1H3,(H,14,16,17). The Balaban J connectivity index is 1.74. The number of amides is 2. The van der Waals surface area contributed by atoms with E-state index in [0.717, 1.165) is 26.2 Å². The van der Waals surface area contributed by atoms with E-state index in [1.165, 1.54) is 0 Å². The molecule has 2 N–H and O–H groups in total. The average Bonchev–Trinajstić information content (AvgIpc) is 2.38. The van der Waals surface area contributed by atoms with Crippen LogP contribution >= 0.6 is 0 Å². The number of nitrogens with zero attached hydrogens (tertiary/aromatic N) is 1. The van der Waals surface area contributed by atoms with E-state index in [9.17, 15) is 9.59 Å². The van der Waals surface area contributed by atoms with E-state index in [4.69, 9.17) is 4.74 Å². The summed E-state index contributed by atoms with van der Waals surface area (Å²) in [4.78, 5) is 24.9. The second-order valence-corrected chi connectivity index (χ2v) is 4.80. The molecule has 2 aliphatic heterocycles. The van der Waals surface area contributed by atoms with Crippen LogP contribution in [0.25, 0.3) is 0 Å². The summed E-state index contributed by atoms with van der Waals surface area (Å²) in [6, 6.07) is -0.261. The van der Waals surface area contributed by atoms with Gasteiger partial charge in [-0.05, 0) is 13.0 Å². The molecule has 2 aliphatic rings. The number of rotatable bonds is 4. The predicted molar refractivity (Wildman–Crippen MR) is 66.0 cm³/mol. The van der Waals surface area contributed by atoms with Crippen molar-refractivity contribution in [2.75, 3.05) is 32.8 Å². The Morgan fingerprint density at radius 1 is 1.50 bits per heavy atom. The van der Waals surface area contributed by atoms with Crippen LogP contribution in [0.5, 0.6) is 0 Å². The van der Waals surface area contributed by atoms with Crippen molar-refractivity contribution >= 4 is 11.8 Å². The zero-order valence-electron chi connectivity index (χ0n) is 10.8. The smallest absolute Gasteiger partial charge is 0.243 e. The Labute approximate surface area is 107 Å². The predicted octanol–water partition coefficient (Wildman–Crippen LogP) is -0.898. The molecule has 6 nitrogen and oxygen atoms in total. The Morgan fingerprint density at radius 3 is 3.06 bits per heavy atom. The summed E-state index contributed by atoms with van der Waals surface area (Å²) >= 11 is 0. The van der Waals surface area contributed by atoms with Crippen molar-refractivity contribution in [3.05, 3.63) is 0 Å². The zero-order valence-corrected chi connectivity index (χ0v) is 10.8. The molecular weight excluding hydrogens is 234 g/mol. The molecule has 6 heteroatoms. The molecule has 0 aromatic heterocycles. The van der Waals surface area contributed by atoms with E-state index in [1.807, 2.05) is 0 Å². The molecule has 2 fully saturated rings. The number of hydrogen-bond acceptors (Lipinski definition) is 5. The molecule has 0 saturated carbocycles. The SMILES string of the molecule is CCN1CCOC(CNC2CCC(=O)NC2=O)C1. The van der Waals surface area contributed by atoms with E-state index in [2.05, 4.69) is 22.5 Å². The van der Waals surface area contributed by atoms with Crippen LogP contribution in [0.1, 0.15) is 19.8 Å². The summed E-state index contributed by atoms with van der Waals surface area (Å²) in [5.74, 6) is -0.390. The third-order valence-electron chi connectivity index (χ3n) is 3.50. The third kappa shape index (κ3) is 3.51. The van der Waals surface area contributed by atoms with Crippen molar-refractivity contribution in [1.29, 1.82) is 0 Å². The molecule has 0 spiro atoms. The summed E-state index contributed by atoms with van der Waals surface area (Å²) < 4.78 is 5.65. The lowest BCUT2D eigenvalue weighted by atomic mass is 10.1. The molecule has 2 heterocycles. The van der Waals surface area contributed by atoms with Crippen molar-refractivity contribution in [3.8, 4) is 0 Å². The van der Waals surface area contributed by atoms with Gasteiger partial charge in [0.25, 0.3) is 0 Å². The van der Waals surface area contributed by atoms with Crippen LogP contribution in [0, 0.1) is 0 Å². The lowest BCUT2D eigenvalue weighted by molar-refractivity contribution is -0.134. The number of carbonyl (C=O) groups excluding carboxylic acids is 2. The molecule has 2 atom stereocenters. The quantitative estimate of drug-likeness (QED) is 0.637. The number of piperidine rings is 1. The lowest BCUT2D eigenvalue weighted by Crippen LogP contribution is -2.54. The highest BCUT2D eigenvalue weighted by molar-refractivity contribution is 6.00. The topological polar surface area (TPSA) is 70.7 Å². The first-order chi connectivity index (χ1) is 8.69. The van der Waals surface area contributed by atoms with Crippen molar-refractivity contribution in [2.24, 2.45) is 0 Å². The molecule has 0 radical (unpaired) electrons. The number of imide groups is 1. The van der Waals surface area contributed by atoms with Crippen molar-refractivity contribution in [1.82, 2.24) is 15.5 Å². The fraction of sp³-hybridized carbons (Fsp3) is 0.833.